The zero-order valence-corrected chi connectivity index (χ0v) is 13.6. The number of hydrogen-bond donors (Lipinski definition) is 1. The molecule has 1 heterocycles. The highest BCUT2D eigenvalue weighted by Crippen LogP contribution is 2.28. The zero-order valence-electron chi connectivity index (χ0n) is 13.6. The quantitative estimate of drug-likeness (QED) is 0.923. The van der Waals surface area contributed by atoms with E-state index in [1.807, 2.05) is 13.0 Å². The summed E-state index contributed by atoms with van der Waals surface area (Å²) in [7, 11) is 0. The minimum atomic E-state index is -0.322. The molecule has 0 aliphatic heterocycles. The predicted molar refractivity (Wildman–Crippen MR) is 88.8 cm³/mol. The summed E-state index contributed by atoms with van der Waals surface area (Å²) in [4.78, 5) is 16.4. The molecule has 1 aromatic carbocycles. The SMILES string of the molecule is CC(C(=O)NC1CCCCC1Cc1ccccc1)n1cncn1. The van der Waals surface area contributed by atoms with Gasteiger partial charge >= 0.3 is 0 Å². The number of carbonyl (C=O) groups is 1. The van der Waals surface area contributed by atoms with Gasteiger partial charge in [0.25, 0.3) is 0 Å². The second-order valence-corrected chi connectivity index (χ2v) is 6.40. The fraction of sp³-hybridized carbons (Fsp3) is 0.500. The lowest BCUT2D eigenvalue weighted by Gasteiger charge is -2.33. The molecular weight excluding hydrogens is 288 g/mol. The van der Waals surface area contributed by atoms with Crippen molar-refractivity contribution in [3.8, 4) is 0 Å². The second-order valence-electron chi connectivity index (χ2n) is 6.40. The first-order chi connectivity index (χ1) is 11.2. The van der Waals surface area contributed by atoms with E-state index in [1.54, 1.807) is 11.0 Å². The molecule has 1 fully saturated rings. The van der Waals surface area contributed by atoms with Crippen LogP contribution in [0.25, 0.3) is 0 Å². The first-order valence-corrected chi connectivity index (χ1v) is 8.42. The summed E-state index contributed by atoms with van der Waals surface area (Å²) >= 11 is 0. The number of rotatable bonds is 5. The molecule has 1 aromatic heterocycles. The molecule has 3 rings (SSSR count). The fourth-order valence-electron chi connectivity index (χ4n) is 3.40. The molecule has 0 spiro atoms. The lowest BCUT2D eigenvalue weighted by molar-refractivity contribution is -0.125. The Morgan fingerprint density at radius 2 is 2.09 bits per heavy atom. The van der Waals surface area contributed by atoms with E-state index in [4.69, 9.17) is 0 Å². The molecular formula is C18H24N4O. The maximum atomic E-state index is 12.5. The van der Waals surface area contributed by atoms with E-state index in [9.17, 15) is 4.79 Å². The lowest BCUT2D eigenvalue weighted by Crippen LogP contribution is -2.45. The van der Waals surface area contributed by atoms with Crippen molar-refractivity contribution < 1.29 is 4.79 Å². The number of amides is 1. The summed E-state index contributed by atoms with van der Waals surface area (Å²) in [5, 5.41) is 7.31. The van der Waals surface area contributed by atoms with E-state index in [2.05, 4.69) is 39.7 Å². The van der Waals surface area contributed by atoms with E-state index in [-0.39, 0.29) is 18.0 Å². The predicted octanol–water partition coefficient (Wildman–Crippen LogP) is 2.76. The molecule has 1 N–H and O–H groups in total. The van der Waals surface area contributed by atoms with Crippen molar-refractivity contribution in [3.05, 3.63) is 48.5 Å². The Kier molecular flexibility index (Phi) is 5.05. The summed E-state index contributed by atoms with van der Waals surface area (Å²) in [6.45, 7) is 1.86. The van der Waals surface area contributed by atoms with Crippen LogP contribution in [0.4, 0.5) is 0 Å². The summed E-state index contributed by atoms with van der Waals surface area (Å²) in [6.07, 6.45) is 8.76. The highest BCUT2D eigenvalue weighted by Gasteiger charge is 2.28. The lowest BCUT2D eigenvalue weighted by atomic mass is 9.80. The maximum Gasteiger partial charge on any atom is 0.244 e. The van der Waals surface area contributed by atoms with Gasteiger partial charge in [0.2, 0.25) is 5.91 Å². The Bertz CT molecular complexity index is 611. The number of benzene rings is 1. The van der Waals surface area contributed by atoms with Crippen molar-refractivity contribution in [1.82, 2.24) is 20.1 Å². The molecule has 3 atom stereocenters. The van der Waals surface area contributed by atoms with Crippen molar-refractivity contribution in [2.24, 2.45) is 5.92 Å². The van der Waals surface area contributed by atoms with Crippen LogP contribution in [0.5, 0.6) is 0 Å². The third-order valence-corrected chi connectivity index (χ3v) is 4.79. The van der Waals surface area contributed by atoms with Crippen LogP contribution >= 0.6 is 0 Å². The van der Waals surface area contributed by atoms with Gasteiger partial charge in [-0.25, -0.2) is 9.67 Å². The molecule has 1 saturated carbocycles. The summed E-state index contributed by atoms with van der Waals surface area (Å²) in [5.74, 6) is 0.540. The smallest absolute Gasteiger partial charge is 0.244 e. The van der Waals surface area contributed by atoms with Crippen molar-refractivity contribution in [3.63, 3.8) is 0 Å². The first-order valence-electron chi connectivity index (χ1n) is 8.42. The molecule has 1 amide bonds. The van der Waals surface area contributed by atoms with Crippen molar-refractivity contribution >= 4 is 5.91 Å². The highest BCUT2D eigenvalue weighted by atomic mass is 16.2. The Labute approximate surface area is 137 Å². The van der Waals surface area contributed by atoms with Crippen LogP contribution < -0.4 is 5.32 Å². The van der Waals surface area contributed by atoms with E-state index in [0.29, 0.717) is 5.92 Å². The third kappa shape index (κ3) is 3.97. The largest absolute Gasteiger partial charge is 0.351 e. The Morgan fingerprint density at radius 1 is 1.30 bits per heavy atom. The molecule has 2 aromatic rings. The van der Waals surface area contributed by atoms with Gasteiger partial charge in [0.1, 0.15) is 18.7 Å². The third-order valence-electron chi connectivity index (χ3n) is 4.79. The standard InChI is InChI=1S/C18H24N4O/c1-14(22-13-19-12-20-22)18(23)21-17-10-6-5-9-16(17)11-15-7-3-2-4-8-15/h2-4,7-8,12-14,16-17H,5-6,9-11H2,1H3,(H,21,23). The summed E-state index contributed by atoms with van der Waals surface area (Å²) in [5.41, 5.74) is 1.35. The van der Waals surface area contributed by atoms with Crippen molar-refractivity contribution in [2.75, 3.05) is 0 Å². The van der Waals surface area contributed by atoms with Crippen LogP contribution in [0.1, 0.15) is 44.2 Å². The fourth-order valence-corrected chi connectivity index (χ4v) is 3.40. The van der Waals surface area contributed by atoms with Crippen LogP contribution in [0, 0.1) is 5.92 Å². The van der Waals surface area contributed by atoms with Crippen LogP contribution in [0.15, 0.2) is 43.0 Å². The molecule has 0 saturated heterocycles. The van der Waals surface area contributed by atoms with Gasteiger partial charge in [-0.2, -0.15) is 5.10 Å². The number of hydrogen-bond acceptors (Lipinski definition) is 3. The van der Waals surface area contributed by atoms with Crippen molar-refractivity contribution in [1.29, 1.82) is 0 Å². The molecule has 5 nitrogen and oxygen atoms in total. The number of carbonyl (C=O) groups excluding carboxylic acids is 1. The van der Waals surface area contributed by atoms with E-state index < -0.39 is 0 Å². The van der Waals surface area contributed by atoms with E-state index >= 15 is 0 Å². The average molecular weight is 312 g/mol. The first kappa shape index (κ1) is 15.7. The van der Waals surface area contributed by atoms with Gasteiger partial charge in [-0.05, 0) is 37.7 Å². The highest BCUT2D eigenvalue weighted by molar-refractivity contribution is 5.80. The summed E-state index contributed by atoms with van der Waals surface area (Å²) < 4.78 is 1.60. The topological polar surface area (TPSA) is 59.8 Å². The molecule has 0 bridgehead atoms. The van der Waals surface area contributed by atoms with Crippen LogP contribution in [0.2, 0.25) is 0 Å². The molecule has 122 valence electrons. The van der Waals surface area contributed by atoms with Gasteiger partial charge in [-0.15, -0.1) is 0 Å². The molecule has 23 heavy (non-hydrogen) atoms. The van der Waals surface area contributed by atoms with E-state index in [1.165, 1.54) is 31.2 Å². The van der Waals surface area contributed by atoms with Crippen LogP contribution in [0.3, 0.4) is 0 Å². The maximum absolute atomic E-state index is 12.5. The number of nitrogens with zero attached hydrogens (tertiary/aromatic N) is 3. The van der Waals surface area contributed by atoms with E-state index in [0.717, 1.165) is 12.8 Å². The van der Waals surface area contributed by atoms with Crippen LogP contribution in [-0.4, -0.2) is 26.7 Å². The minimum absolute atomic E-state index is 0.0282. The second kappa shape index (κ2) is 7.40. The Morgan fingerprint density at radius 3 is 2.83 bits per heavy atom. The normalized spacial score (nSPS) is 22.5. The van der Waals surface area contributed by atoms with Crippen LogP contribution in [-0.2, 0) is 11.2 Å². The molecule has 1 aliphatic carbocycles. The summed E-state index contributed by atoms with van der Waals surface area (Å²) in [6, 6.07) is 10.5. The van der Waals surface area contributed by atoms with Gasteiger partial charge in [0, 0.05) is 6.04 Å². The minimum Gasteiger partial charge on any atom is -0.351 e. The van der Waals surface area contributed by atoms with Gasteiger partial charge < -0.3 is 5.32 Å². The average Bonchev–Trinajstić information content (AvgIpc) is 3.11. The zero-order chi connectivity index (χ0) is 16.1. The van der Waals surface area contributed by atoms with Crippen molar-refractivity contribution in [2.45, 2.75) is 51.1 Å². The molecule has 5 heteroatoms. The molecule has 0 radical (unpaired) electrons. The molecule has 3 unspecified atom stereocenters. The van der Waals surface area contributed by atoms with Gasteiger partial charge in [0.05, 0.1) is 0 Å². The van der Waals surface area contributed by atoms with Gasteiger partial charge in [0.15, 0.2) is 0 Å². The molecule has 1 aliphatic rings. The Balaban J connectivity index is 1.63. The van der Waals surface area contributed by atoms with Gasteiger partial charge in [-0.3, -0.25) is 4.79 Å². The monoisotopic (exact) mass is 312 g/mol. The number of nitrogens with one attached hydrogen (secondary N) is 1. The van der Waals surface area contributed by atoms with Gasteiger partial charge in [-0.1, -0.05) is 43.2 Å². The number of aromatic nitrogens is 3. The Hall–Kier alpha value is -2.17.